The molecule has 0 aromatic carbocycles. The van der Waals surface area contributed by atoms with Gasteiger partial charge in [0.25, 0.3) is 0 Å². The molecule has 0 unspecified atom stereocenters. The highest BCUT2D eigenvalue weighted by atomic mass is 16.4. The van der Waals surface area contributed by atoms with Gasteiger partial charge >= 0.3 is 5.97 Å². The van der Waals surface area contributed by atoms with E-state index in [0.717, 1.165) is 32.6 Å². The number of carboxylic acids is 1. The molecule has 2 rings (SSSR count). The maximum atomic E-state index is 12.0. The van der Waals surface area contributed by atoms with Crippen LogP contribution in [0.5, 0.6) is 0 Å². The zero-order valence-electron chi connectivity index (χ0n) is 10.8. The Morgan fingerprint density at radius 3 is 2.50 bits per heavy atom. The van der Waals surface area contributed by atoms with Gasteiger partial charge < -0.3 is 14.9 Å². The molecule has 5 nitrogen and oxygen atoms in total. The summed E-state index contributed by atoms with van der Waals surface area (Å²) < 4.78 is 0. The fourth-order valence-corrected chi connectivity index (χ4v) is 2.82. The average Bonchev–Trinajstić information content (AvgIpc) is 2.89. The van der Waals surface area contributed by atoms with Crippen molar-refractivity contribution in [3.63, 3.8) is 0 Å². The van der Waals surface area contributed by atoms with E-state index >= 15 is 0 Å². The highest BCUT2D eigenvalue weighted by Gasteiger charge is 2.28. The quantitative estimate of drug-likeness (QED) is 0.806. The standard InChI is InChI=1S/C13H22N2O3/c16-12(5-9-14-6-1-2-7-14)15-8-3-4-11(10-15)13(17)18/h11H,1-10H2,(H,17,18)/t11-/m0/s1. The zero-order chi connectivity index (χ0) is 13.0. The Labute approximate surface area is 108 Å². The first-order valence-corrected chi connectivity index (χ1v) is 6.90. The number of hydrogen-bond donors (Lipinski definition) is 1. The molecule has 0 saturated carbocycles. The minimum atomic E-state index is -0.771. The van der Waals surface area contributed by atoms with E-state index < -0.39 is 5.97 Å². The van der Waals surface area contributed by atoms with E-state index in [9.17, 15) is 9.59 Å². The number of amides is 1. The molecule has 2 saturated heterocycles. The first kappa shape index (κ1) is 13.3. The maximum absolute atomic E-state index is 12.0. The average molecular weight is 254 g/mol. The van der Waals surface area contributed by atoms with Gasteiger partial charge in [0, 0.05) is 26.1 Å². The Morgan fingerprint density at radius 2 is 1.83 bits per heavy atom. The van der Waals surface area contributed by atoms with E-state index in [1.807, 2.05) is 0 Å². The molecule has 0 aromatic rings. The second-order valence-electron chi connectivity index (χ2n) is 5.32. The molecular weight excluding hydrogens is 232 g/mol. The van der Waals surface area contributed by atoms with Crippen molar-refractivity contribution in [3.8, 4) is 0 Å². The van der Waals surface area contributed by atoms with Crippen LogP contribution in [0.4, 0.5) is 0 Å². The van der Waals surface area contributed by atoms with Gasteiger partial charge in [0.05, 0.1) is 5.92 Å². The molecule has 2 fully saturated rings. The van der Waals surface area contributed by atoms with E-state index in [0.29, 0.717) is 19.4 Å². The summed E-state index contributed by atoms with van der Waals surface area (Å²) in [5, 5.41) is 8.99. The summed E-state index contributed by atoms with van der Waals surface area (Å²) in [6.07, 6.45) is 4.52. The Bertz CT molecular complexity index is 313. The lowest BCUT2D eigenvalue weighted by molar-refractivity contribution is -0.145. The van der Waals surface area contributed by atoms with E-state index in [1.165, 1.54) is 12.8 Å². The van der Waals surface area contributed by atoms with Crippen molar-refractivity contribution in [2.75, 3.05) is 32.7 Å². The summed E-state index contributed by atoms with van der Waals surface area (Å²) in [6.45, 7) is 4.15. The largest absolute Gasteiger partial charge is 0.481 e. The first-order chi connectivity index (χ1) is 8.66. The van der Waals surface area contributed by atoms with Gasteiger partial charge in [-0.25, -0.2) is 0 Å². The molecule has 0 bridgehead atoms. The van der Waals surface area contributed by atoms with Gasteiger partial charge in [0.15, 0.2) is 0 Å². The summed E-state index contributed by atoms with van der Waals surface area (Å²) in [4.78, 5) is 27.0. The van der Waals surface area contributed by atoms with Crippen LogP contribution >= 0.6 is 0 Å². The second-order valence-corrected chi connectivity index (χ2v) is 5.32. The fraction of sp³-hybridized carbons (Fsp3) is 0.846. The molecule has 0 aromatic heterocycles. The van der Waals surface area contributed by atoms with Crippen molar-refractivity contribution in [1.29, 1.82) is 0 Å². The summed E-state index contributed by atoms with van der Waals surface area (Å²) in [5.74, 6) is -1.02. The highest BCUT2D eigenvalue weighted by molar-refractivity contribution is 5.78. The van der Waals surface area contributed by atoms with E-state index in [-0.39, 0.29) is 11.8 Å². The Hall–Kier alpha value is -1.10. The molecule has 2 aliphatic rings. The van der Waals surface area contributed by atoms with Crippen molar-refractivity contribution in [1.82, 2.24) is 9.80 Å². The predicted octanol–water partition coefficient (Wildman–Crippen LogP) is 0.795. The van der Waals surface area contributed by atoms with Gasteiger partial charge in [-0.05, 0) is 38.8 Å². The van der Waals surface area contributed by atoms with Crippen molar-refractivity contribution >= 4 is 11.9 Å². The van der Waals surface area contributed by atoms with Crippen LogP contribution in [0.2, 0.25) is 0 Å². The molecule has 0 radical (unpaired) electrons. The smallest absolute Gasteiger partial charge is 0.308 e. The fourth-order valence-electron chi connectivity index (χ4n) is 2.82. The van der Waals surface area contributed by atoms with Crippen LogP contribution in [0.3, 0.4) is 0 Å². The third kappa shape index (κ3) is 3.45. The molecule has 2 heterocycles. The van der Waals surface area contributed by atoms with Crippen molar-refractivity contribution in [3.05, 3.63) is 0 Å². The van der Waals surface area contributed by atoms with Crippen molar-refractivity contribution < 1.29 is 14.7 Å². The van der Waals surface area contributed by atoms with Crippen LogP contribution < -0.4 is 0 Å². The van der Waals surface area contributed by atoms with Crippen molar-refractivity contribution in [2.24, 2.45) is 5.92 Å². The number of carbonyl (C=O) groups is 2. The predicted molar refractivity (Wildman–Crippen MR) is 67.2 cm³/mol. The normalized spacial score (nSPS) is 25.3. The minimum absolute atomic E-state index is 0.118. The van der Waals surface area contributed by atoms with Gasteiger partial charge in [-0.3, -0.25) is 9.59 Å². The summed E-state index contributed by atoms with van der Waals surface area (Å²) in [6, 6.07) is 0. The lowest BCUT2D eigenvalue weighted by Gasteiger charge is -2.31. The summed E-state index contributed by atoms with van der Waals surface area (Å²) in [5.41, 5.74) is 0. The molecule has 1 N–H and O–H groups in total. The number of rotatable bonds is 4. The molecule has 2 aliphatic heterocycles. The zero-order valence-corrected chi connectivity index (χ0v) is 10.8. The monoisotopic (exact) mass is 254 g/mol. The van der Waals surface area contributed by atoms with Gasteiger partial charge in [0.2, 0.25) is 5.91 Å². The van der Waals surface area contributed by atoms with Crippen LogP contribution in [-0.2, 0) is 9.59 Å². The Balaban J connectivity index is 1.75. The van der Waals surface area contributed by atoms with Crippen LogP contribution in [0, 0.1) is 5.92 Å². The lowest BCUT2D eigenvalue weighted by Crippen LogP contribution is -2.43. The molecule has 5 heteroatoms. The van der Waals surface area contributed by atoms with Gasteiger partial charge in [-0.2, -0.15) is 0 Å². The van der Waals surface area contributed by atoms with E-state index in [4.69, 9.17) is 5.11 Å². The summed E-state index contributed by atoms with van der Waals surface area (Å²) >= 11 is 0. The molecule has 102 valence electrons. The molecule has 0 aliphatic carbocycles. The van der Waals surface area contributed by atoms with Crippen LogP contribution in [0.1, 0.15) is 32.1 Å². The van der Waals surface area contributed by atoms with E-state index in [1.54, 1.807) is 4.90 Å². The lowest BCUT2D eigenvalue weighted by atomic mass is 9.98. The highest BCUT2D eigenvalue weighted by Crippen LogP contribution is 2.17. The van der Waals surface area contributed by atoms with Crippen LogP contribution in [0.15, 0.2) is 0 Å². The molecule has 1 atom stereocenters. The Morgan fingerprint density at radius 1 is 1.11 bits per heavy atom. The summed E-state index contributed by atoms with van der Waals surface area (Å²) in [7, 11) is 0. The topological polar surface area (TPSA) is 60.9 Å². The molecule has 18 heavy (non-hydrogen) atoms. The second kappa shape index (κ2) is 6.18. The third-order valence-electron chi connectivity index (χ3n) is 3.96. The maximum Gasteiger partial charge on any atom is 0.308 e. The van der Waals surface area contributed by atoms with Crippen molar-refractivity contribution in [2.45, 2.75) is 32.1 Å². The SMILES string of the molecule is O=C(O)[C@H]1CCCN(C(=O)CCN2CCCC2)C1. The number of aliphatic carboxylic acids is 1. The van der Waals surface area contributed by atoms with Gasteiger partial charge in [-0.15, -0.1) is 0 Å². The number of carbonyl (C=O) groups excluding carboxylic acids is 1. The van der Waals surface area contributed by atoms with Gasteiger partial charge in [0.1, 0.15) is 0 Å². The molecule has 1 amide bonds. The van der Waals surface area contributed by atoms with Crippen LogP contribution in [0.25, 0.3) is 0 Å². The number of likely N-dealkylation sites (tertiary alicyclic amines) is 2. The molecular formula is C13H22N2O3. The van der Waals surface area contributed by atoms with E-state index in [2.05, 4.69) is 4.90 Å². The number of hydrogen-bond acceptors (Lipinski definition) is 3. The first-order valence-electron chi connectivity index (χ1n) is 6.90. The number of nitrogens with zero attached hydrogens (tertiary/aromatic N) is 2. The van der Waals surface area contributed by atoms with Gasteiger partial charge in [-0.1, -0.05) is 0 Å². The number of piperidine rings is 1. The number of carboxylic acid groups (broad SMARTS) is 1. The molecule has 0 spiro atoms. The van der Waals surface area contributed by atoms with Crippen LogP contribution in [-0.4, -0.2) is 59.5 Å². The Kier molecular flexibility index (Phi) is 4.58. The minimum Gasteiger partial charge on any atom is -0.481 e. The third-order valence-corrected chi connectivity index (χ3v) is 3.96.